The average molecular weight is 275 g/mol. The molecule has 3 nitrogen and oxygen atoms in total. The standard InChI is InChI=1S/C17H25NO2/c1-11-8-7-9-13-12(2)10-16(3,4)18(14(11)13)17(5,6)15(19)20/h7-9,12H,10H2,1-6H3,(H,19,20)/t12-/m0/s1. The molecule has 1 aliphatic rings. The van der Waals surface area contributed by atoms with Crippen molar-refractivity contribution in [2.24, 2.45) is 0 Å². The first-order chi connectivity index (χ1) is 9.09. The lowest BCUT2D eigenvalue weighted by molar-refractivity contribution is -0.142. The fraction of sp³-hybridized carbons (Fsp3) is 0.588. The van der Waals surface area contributed by atoms with Gasteiger partial charge in [0.25, 0.3) is 0 Å². The second-order valence-corrected chi connectivity index (χ2v) is 7.13. The molecule has 0 fully saturated rings. The van der Waals surface area contributed by atoms with Gasteiger partial charge in [-0.2, -0.15) is 0 Å². The first-order valence-corrected chi connectivity index (χ1v) is 7.22. The van der Waals surface area contributed by atoms with Crippen LogP contribution in [-0.4, -0.2) is 22.2 Å². The van der Waals surface area contributed by atoms with Gasteiger partial charge in [0.05, 0.1) is 0 Å². The molecule has 0 bridgehead atoms. The van der Waals surface area contributed by atoms with Crippen LogP contribution in [0.1, 0.15) is 58.1 Å². The molecule has 0 unspecified atom stereocenters. The number of hydrogen-bond donors (Lipinski definition) is 1. The third-order valence-electron chi connectivity index (χ3n) is 4.52. The highest BCUT2D eigenvalue weighted by Crippen LogP contribution is 2.48. The van der Waals surface area contributed by atoms with Gasteiger partial charge in [-0.15, -0.1) is 0 Å². The Bertz CT molecular complexity index is 546. The number of anilines is 1. The summed E-state index contributed by atoms with van der Waals surface area (Å²) in [6.45, 7) is 12.2. The summed E-state index contributed by atoms with van der Waals surface area (Å²) in [4.78, 5) is 13.9. The number of carboxylic acid groups (broad SMARTS) is 1. The maximum atomic E-state index is 11.8. The van der Waals surface area contributed by atoms with E-state index in [-0.39, 0.29) is 5.54 Å². The summed E-state index contributed by atoms with van der Waals surface area (Å²) in [6.07, 6.45) is 0.958. The van der Waals surface area contributed by atoms with Gasteiger partial charge >= 0.3 is 5.97 Å². The van der Waals surface area contributed by atoms with Gasteiger partial charge in [0.2, 0.25) is 0 Å². The topological polar surface area (TPSA) is 40.5 Å². The number of para-hydroxylation sites is 1. The number of aliphatic carboxylic acids is 1. The van der Waals surface area contributed by atoms with E-state index in [9.17, 15) is 9.90 Å². The Kier molecular flexibility index (Phi) is 3.35. The van der Waals surface area contributed by atoms with Crippen LogP contribution in [0, 0.1) is 6.92 Å². The zero-order valence-electron chi connectivity index (χ0n) is 13.3. The fourth-order valence-electron chi connectivity index (χ4n) is 3.77. The molecular weight excluding hydrogens is 250 g/mol. The molecule has 1 heterocycles. The lowest BCUT2D eigenvalue weighted by Crippen LogP contribution is -2.62. The van der Waals surface area contributed by atoms with Crippen LogP contribution in [0.4, 0.5) is 5.69 Å². The van der Waals surface area contributed by atoms with Crippen LogP contribution in [0.2, 0.25) is 0 Å². The summed E-state index contributed by atoms with van der Waals surface area (Å²) in [5.41, 5.74) is 2.41. The predicted octanol–water partition coefficient (Wildman–Crippen LogP) is 3.95. The van der Waals surface area contributed by atoms with E-state index in [1.165, 1.54) is 5.56 Å². The van der Waals surface area contributed by atoms with E-state index >= 15 is 0 Å². The fourth-order valence-corrected chi connectivity index (χ4v) is 3.77. The molecule has 2 rings (SSSR count). The van der Waals surface area contributed by atoms with Gasteiger partial charge in [0, 0.05) is 11.2 Å². The number of nitrogens with zero attached hydrogens (tertiary/aromatic N) is 1. The second-order valence-electron chi connectivity index (χ2n) is 7.13. The number of carbonyl (C=O) groups is 1. The monoisotopic (exact) mass is 275 g/mol. The molecule has 1 atom stereocenters. The van der Waals surface area contributed by atoms with Gasteiger partial charge in [-0.1, -0.05) is 25.1 Å². The van der Waals surface area contributed by atoms with Crippen LogP contribution in [0.15, 0.2) is 18.2 Å². The normalized spacial score (nSPS) is 21.5. The van der Waals surface area contributed by atoms with Crippen molar-refractivity contribution in [1.29, 1.82) is 0 Å². The van der Waals surface area contributed by atoms with Crippen LogP contribution in [0.3, 0.4) is 0 Å². The van der Waals surface area contributed by atoms with Crippen LogP contribution >= 0.6 is 0 Å². The van der Waals surface area contributed by atoms with Crippen molar-refractivity contribution >= 4 is 11.7 Å². The summed E-state index contributed by atoms with van der Waals surface area (Å²) in [7, 11) is 0. The highest BCUT2D eigenvalue weighted by molar-refractivity contribution is 5.85. The summed E-state index contributed by atoms with van der Waals surface area (Å²) in [6, 6.07) is 6.26. The molecule has 0 aliphatic carbocycles. The highest BCUT2D eigenvalue weighted by Gasteiger charge is 2.47. The van der Waals surface area contributed by atoms with E-state index in [0.717, 1.165) is 17.7 Å². The third-order valence-corrected chi connectivity index (χ3v) is 4.52. The van der Waals surface area contributed by atoms with Crippen LogP contribution in [0.25, 0.3) is 0 Å². The molecule has 1 N–H and O–H groups in total. The molecule has 0 saturated heterocycles. The zero-order valence-corrected chi connectivity index (χ0v) is 13.3. The number of hydrogen-bond acceptors (Lipinski definition) is 2. The average Bonchev–Trinajstić information content (AvgIpc) is 2.28. The Hall–Kier alpha value is -1.51. The summed E-state index contributed by atoms with van der Waals surface area (Å²) < 4.78 is 0. The number of fused-ring (bicyclic) bond motifs is 1. The second kappa shape index (κ2) is 4.51. The number of aryl methyl sites for hydroxylation is 1. The molecule has 0 spiro atoms. The number of carboxylic acids is 1. The van der Waals surface area contributed by atoms with Crippen molar-refractivity contribution in [2.75, 3.05) is 4.90 Å². The van der Waals surface area contributed by atoms with E-state index in [4.69, 9.17) is 0 Å². The maximum absolute atomic E-state index is 11.8. The molecule has 1 aromatic carbocycles. The Morgan fingerprint density at radius 1 is 1.40 bits per heavy atom. The molecule has 1 aliphatic heterocycles. The van der Waals surface area contributed by atoms with Gasteiger partial charge in [-0.05, 0) is 58.1 Å². The Morgan fingerprint density at radius 2 is 2.00 bits per heavy atom. The first kappa shape index (κ1) is 14.9. The molecular formula is C17H25NO2. The SMILES string of the molecule is Cc1cccc2c1N(C(C)(C)C(=O)O)C(C)(C)C[C@@H]2C. The van der Waals surface area contributed by atoms with E-state index in [1.54, 1.807) is 13.8 Å². The van der Waals surface area contributed by atoms with E-state index in [1.807, 2.05) is 0 Å². The van der Waals surface area contributed by atoms with Gasteiger partial charge in [-0.25, -0.2) is 4.79 Å². The number of rotatable bonds is 2. The van der Waals surface area contributed by atoms with Gasteiger partial charge < -0.3 is 10.0 Å². The lowest BCUT2D eigenvalue weighted by Gasteiger charge is -2.54. The van der Waals surface area contributed by atoms with Crippen molar-refractivity contribution in [2.45, 2.75) is 65.0 Å². The van der Waals surface area contributed by atoms with Crippen molar-refractivity contribution in [3.8, 4) is 0 Å². The molecule has 20 heavy (non-hydrogen) atoms. The zero-order chi connectivity index (χ0) is 15.3. The minimum atomic E-state index is -0.926. The molecule has 0 aromatic heterocycles. The van der Waals surface area contributed by atoms with Crippen molar-refractivity contribution in [3.05, 3.63) is 29.3 Å². The molecule has 3 heteroatoms. The lowest BCUT2D eigenvalue weighted by atomic mass is 9.76. The van der Waals surface area contributed by atoms with Crippen LogP contribution in [-0.2, 0) is 4.79 Å². The molecule has 0 saturated carbocycles. The summed E-state index contributed by atoms with van der Waals surface area (Å²) in [5, 5.41) is 9.67. The van der Waals surface area contributed by atoms with E-state index < -0.39 is 11.5 Å². The van der Waals surface area contributed by atoms with Crippen molar-refractivity contribution in [3.63, 3.8) is 0 Å². The Labute approximate surface area is 121 Å². The van der Waals surface area contributed by atoms with E-state index in [2.05, 4.69) is 50.8 Å². The minimum Gasteiger partial charge on any atom is -0.480 e. The third kappa shape index (κ3) is 2.09. The van der Waals surface area contributed by atoms with Gasteiger partial charge in [0.1, 0.15) is 5.54 Å². The molecule has 1 aromatic rings. The van der Waals surface area contributed by atoms with Gasteiger partial charge in [-0.3, -0.25) is 0 Å². The maximum Gasteiger partial charge on any atom is 0.328 e. The predicted molar refractivity (Wildman–Crippen MR) is 82.5 cm³/mol. The summed E-state index contributed by atoms with van der Waals surface area (Å²) in [5.74, 6) is -0.338. The molecule has 0 amide bonds. The number of benzene rings is 1. The van der Waals surface area contributed by atoms with Crippen molar-refractivity contribution in [1.82, 2.24) is 0 Å². The van der Waals surface area contributed by atoms with Crippen LogP contribution in [0.5, 0.6) is 0 Å². The quantitative estimate of drug-likeness (QED) is 0.888. The van der Waals surface area contributed by atoms with Crippen LogP contribution < -0.4 is 4.90 Å². The molecule has 0 radical (unpaired) electrons. The smallest absolute Gasteiger partial charge is 0.328 e. The molecule has 110 valence electrons. The van der Waals surface area contributed by atoms with Crippen molar-refractivity contribution < 1.29 is 9.90 Å². The largest absolute Gasteiger partial charge is 0.480 e. The van der Waals surface area contributed by atoms with Gasteiger partial charge in [0.15, 0.2) is 0 Å². The first-order valence-electron chi connectivity index (χ1n) is 7.22. The Morgan fingerprint density at radius 3 is 2.55 bits per heavy atom. The Balaban J connectivity index is 2.72. The summed E-state index contributed by atoms with van der Waals surface area (Å²) >= 11 is 0. The highest BCUT2D eigenvalue weighted by atomic mass is 16.4. The minimum absolute atomic E-state index is 0.180. The van der Waals surface area contributed by atoms with E-state index in [0.29, 0.717) is 5.92 Å².